The van der Waals surface area contributed by atoms with Crippen molar-refractivity contribution in [1.82, 2.24) is 9.88 Å². The Morgan fingerprint density at radius 3 is 2.45 bits per heavy atom. The average molecular weight is 459 g/mol. The van der Waals surface area contributed by atoms with Gasteiger partial charge in [0.1, 0.15) is 16.5 Å². The van der Waals surface area contributed by atoms with E-state index in [9.17, 15) is 18.0 Å². The maximum atomic E-state index is 12.7. The van der Waals surface area contributed by atoms with Crippen molar-refractivity contribution in [3.05, 3.63) is 35.3 Å². The number of carboxylic acids is 1. The maximum absolute atomic E-state index is 12.7. The minimum Gasteiger partial charge on any atom is -0.494 e. The number of carboxylic acid groups (broad SMARTS) is 1. The van der Waals surface area contributed by atoms with Crippen molar-refractivity contribution in [2.24, 2.45) is 5.73 Å². The van der Waals surface area contributed by atoms with Crippen molar-refractivity contribution in [1.29, 1.82) is 0 Å². The average Bonchev–Trinajstić information content (AvgIpc) is 3.18. The van der Waals surface area contributed by atoms with E-state index in [1.807, 2.05) is 41.5 Å². The molecule has 7 nitrogen and oxygen atoms in total. The summed E-state index contributed by atoms with van der Waals surface area (Å²) in [6.45, 7) is 5.36. The third-order valence-corrected chi connectivity index (χ3v) is 5.45. The van der Waals surface area contributed by atoms with Crippen molar-refractivity contribution >= 4 is 23.2 Å². The molecule has 1 aliphatic heterocycles. The number of thiazole rings is 1. The SMILES string of the molecule is CCOc1ccc(-c2nc(C(=O)N3CCC(N)CC3C)cs2)cc1.O=C(O)C(F)(F)F. The van der Waals surface area contributed by atoms with Crippen LogP contribution in [0.5, 0.6) is 5.75 Å². The van der Waals surface area contributed by atoms with E-state index in [0.717, 1.165) is 29.2 Å². The van der Waals surface area contributed by atoms with Crippen molar-refractivity contribution in [2.75, 3.05) is 13.2 Å². The van der Waals surface area contributed by atoms with Gasteiger partial charge < -0.3 is 20.5 Å². The van der Waals surface area contributed by atoms with Crippen LogP contribution in [0.3, 0.4) is 0 Å². The number of carbonyl (C=O) groups is 2. The van der Waals surface area contributed by atoms with Gasteiger partial charge in [-0.2, -0.15) is 13.2 Å². The van der Waals surface area contributed by atoms with Crippen LogP contribution in [0.25, 0.3) is 10.6 Å². The molecule has 2 atom stereocenters. The fourth-order valence-electron chi connectivity index (χ4n) is 3.02. The fourth-order valence-corrected chi connectivity index (χ4v) is 3.82. The predicted molar refractivity (Wildman–Crippen MR) is 110 cm³/mol. The summed E-state index contributed by atoms with van der Waals surface area (Å²) in [6, 6.07) is 8.16. The first-order valence-electron chi connectivity index (χ1n) is 9.58. The summed E-state index contributed by atoms with van der Waals surface area (Å²) in [5.74, 6) is -1.91. The van der Waals surface area contributed by atoms with E-state index in [2.05, 4.69) is 11.9 Å². The zero-order chi connectivity index (χ0) is 23.2. The third-order valence-electron chi connectivity index (χ3n) is 4.56. The molecule has 3 N–H and O–H groups in total. The number of halogens is 3. The number of ether oxygens (including phenoxy) is 1. The number of carbonyl (C=O) groups excluding carboxylic acids is 1. The molecule has 170 valence electrons. The van der Waals surface area contributed by atoms with Crippen LogP contribution in [-0.4, -0.2) is 58.3 Å². The first kappa shape index (κ1) is 24.6. The van der Waals surface area contributed by atoms with Gasteiger partial charge in [0, 0.05) is 29.6 Å². The molecular weight excluding hydrogens is 435 g/mol. The molecule has 1 aromatic carbocycles. The second-order valence-corrected chi connectivity index (χ2v) is 7.79. The van der Waals surface area contributed by atoms with Gasteiger partial charge in [0.15, 0.2) is 0 Å². The van der Waals surface area contributed by atoms with E-state index in [1.165, 1.54) is 11.3 Å². The Hall–Kier alpha value is -2.66. The third kappa shape index (κ3) is 6.93. The smallest absolute Gasteiger partial charge is 0.490 e. The summed E-state index contributed by atoms with van der Waals surface area (Å²) in [6.07, 6.45) is -3.38. The van der Waals surface area contributed by atoms with Crippen molar-refractivity contribution in [3.63, 3.8) is 0 Å². The molecule has 2 aromatic rings. The van der Waals surface area contributed by atoms with Gasteiger partial charge >= 0.3 is 12.1 Å². The summed E-state index contributed by atoms with van der Waals surface area (Å²) in [7, 11) is 0. The lowest BCUT2D eigenvalue weighted by Crippen LogP contribution is -2.48. The second kappa shape index (κ2) is 10.6. The second-order valence-electron chi connectivity index (χ2n) is 6.93. The van der Waals surface area contributed by atoms with Crippen molar-refractivity contribution in [2.45, 2.75) is 44.9 Å². The van der Waals surface area contributed by atoms with Gasteiger partial charge in [0.25, 0.3) is 5.91 Å². The van der Waals surface area contributed by atoms with Crippen LogP contribution in [0.15, 0.2) is 29.6 Å². The van der Waals surface area contributed by atoms with Gasteiger partial charge in [-0.15, -0.1) is 11.3 Å². The van der Waals surface area contributed by atoms with Gasteiger partial charge in [-0.1, -0.05) is 0 Å². The highest BCUT2D eigenvalue weighted by Gasteiger charge is 2.38. The van der Waals surface area contributed by atoms with Gasteiger partial charge in [-0.05, 0) is 51.0 Å². The number of amides is 1. The predicted octanol–water partition coefficient (Wildman–Crippen LogP) is 3.79. The van der Waals surface area contributed by atoms with Gasteiger partial charge in [-0.25, -0.2) is 9.78 Å². The lowest BCUT2D eigenvalue weighted by atomic mass is 9.99. The Balaban J connectivity index is 0.000000423. The number of hydrogen-bond donors (Lipinski definition) is 2. The number of benzene rings is 1. The Morgan fingerprint density at radius 1 is 1.32 bits per heavy atom. The Labute approximate surface area is 181 Å². The van der Waals surface area contributed by atoms with E-state index in [-0.39, 0.29) is 18.0 Å². The molecule has 1 saturated heterocycles. The molecular formula is C20H24F3N3O4S. The molecule has 2 unspecified atom stereocenters. The first-order chi connectivity index (χ1) is 14.5. The highest BCUT2D eigenvalue weighted by molar-refractivity contribution is 7.13. The summed E-state index contributed by atoms with van der Waals surface area (Å²) < 4.78 is 37.2. The Kier molecular flexibility index (Phi) is 8.40. The largest absolute Gasteiger partial charge is 0.494 e. The van der Waals surface area contributed by atoms with Gasteiger partial charge in [-0.3, -0.25) is 4.79 Å². The summed E-state index contributed by atoms with van der Waals surface area (Å²) in [5.41, 5.74) is 7.49. The van der Waals surface area contributed by atoms with Crippen molar-refractivity contribution < 1.29 is 32.6 Å². The molecule has 0 bridgehead atoms. The molecule has 2 heterocycles. The molecule has 11 heteroatoms. The summed E-state index contributed by atoms with van der Waals surface area (Å²) in [5, 5.41) is 9.82. The molecule has 0 saturated carbocycles. The highest BCUT2D eigenvalue weighted by Crippen LogP contribution is 2.27. The standard InChI is InChI=1S/C18H23N3O2S.C2HF3O2/c1-3-23-15-6-4-13(5-7-15)17-20-16(11-24-17)18(22)21-9-8-14(19)10-12(21)2;3-2(4,5)1(6)7/h4-7,11-12,14H,3,8-10,19H2,1-2H3;(H,6,7). The van der Waals surface area contributed by atoms with Crippen LogP contribution < -0.4 is 10.5 Å². The molecule has 0 aliphatic carbocycles. The van der Waals surface area contributed by atoms with Gasteiger partial charge in [0.05, 0.1) is 6.61 Å². The van der Waals surface area contributed by atoms with Crippen molar-refractivity contribution in [3.8, 4) is 16.3 Å². The number of hydrogen-bond acceptors (Lipinski definition) is 6. The monoisotopic (exact) mass is 459 g/mol. The van der Waals surface area contributed by atoms with Crippen LogP contribution in [0.4, 0.5) is 13.2 Å². The van der Waals surface area contributed by atoms with E-state index < -0.39 is 12.1 Å². The molecule has 0 spiro atoms. The minimum absolute atomic E-state index is 0.00263. The van der Waals surface area contributed by atoms with Crippen LogP contribution in [-0.2, 0) is 4.79 Å². The summed E-state index contributed by atoms with van der Waals surface area (Å²) in [4.78, 5) is 28.0. The summed E-state index contributed by atoms with van der Waals surface area (Å²) >= 11 is 1.49. The lowest BCUT2D eigenvalue weighted by Gasteiger charge is -2.35. The fraction of sp³-hybridized carbons (Fsp3) is 0.450. The molecule has 3 rings (SSSR count). The molecule has 0 radical (unpaired) electrons. The Morgan fingerprint density at radius 2 is 1.94 bits per heavy atom. The maximum Gasteiger partial charge on any atom is 0.490 e. The quantitative estimate of drug-likeness (QED) is 0.721. The number of aliphatic carboxylic acids is 1. The number of piperidine rings is 1. The first-order valence-corrected chi connectivity index (χ1v) is 10.5. The van der Waals surface area contributed by atoms with E-state index in [1.54, 1.807) is 0 Å². The van der Waals surface area contributed by atoms with Gasteiger partial charge in [0.2, 0.25) is 0 Å². The highest BCUT2D eigenvalue weighted by atomic mass is 32.1. The van der Waals surface area contributed by atoms with E-state index >= 15 is 0 Å². The number of alkyl halides is 3. The number of nitrogens with zero attached hydrogens (tertiary/aromatic N) is 2. The molecule has 31 heavy (non-hydrogen) atoms. The molecule has 1 fully saturated rings. The normalized spacial score (nSPS) is 18.7. The number of likely N-dealkylation sites (tertiary alicyclic amines) is 1. The van der Waals surface area contributed by atoms with Crippen LogP contribution >= 0.6 is 11.3 Å². The van der Waals surface area contributed by atoms with Crippen LogP contribution in [0.1, 0.15) is 37.2 Å². The molecule has 1 aliphatic rings. The zero-order valence-corrected chi connectivity index (χ0v) is 17.9. The van der Waals surface area contributed by atoms with Crippen LogP contribution in [0, 0.1) is 0 Å². The van der Waals surface area contributed by atoms with E-state index in [0.29, 0.717) is 18.8 Å². The zero-order valence-electron chi connectivity index (χ0n) is 17.1. The Bertz CT molecular complexity index is 887. The topological polar surface area (TPSA) is 106 Å². The lowest BCUT2D eigenvalue weighted by molar-refractivity contribution is -0.192. The number of rotatable bonds is 4. The minimum atomic E-state index is -5.08. The molecule has 1 amide bonds. The van der Waals surface area contributed by atoms with Crippen LogP contribution in [0.2, 0.25) is 0 Å². The molecule has 1 aromatic heterocycles. The number of nitrogens with two attached hydrogens (primary N) is 1. The van der Waals surface area contributed by atoms with E-state index in [4.69, 9.17) is 20.4 Å². The number of aromatic nitrogens is 1.